The van der Waals surface area contributed by atoms with Crippen molar-refractivity contribution in [2.24, 2.45) is 11.8 Å². The van der Waals surface area contributed by atoms with Crippen molar-refractivity contribution in [3.8, 4) is 11.5 Å². The largest absolute Gasteiger partial charge is 0.497 e. The minimum atomic E-state index is 0.345. The van der Waals surface area contributed by atoms with Crippen LogP contribution < -0.4 is 9.47 Å². The van der Waals surface area contributed by atoms with Crippen molar-refractivity contribution in [2.45, 2.75) is 25.7 Å². The normalized spacial score (nSPS) is 19.4. The number of piperidine rings is 1. The Balaban J connectivity index is 1.41. The Hall–Kier alpha value is -1.71. The Morgan fingerprint density at radius 1 is 1.10 bits per heavy atom. The Morgan fingerprint density at radius 3 is 2.29 bits per heavy atom. The zero-order valence-corrected chi connectivity index (χ0v) is 12.6. The fraction of sp³-hybridized carbons (Fsp3) is 0.588. The van der Waals surface area contributed by atoms with E-state index in [9.17, 15) is 4.79 Å². The second-order valence-corrected chi connectivity index (χ2v) is 6.03. The van der Waals surface area contributed by atoms with Crippen LogP contribution in [0.25, 0.3) is 0 Å². The van der Waals surface area contributed by atoms with Crippen molar-refractivity contribution >= 4 is 5.91 Å². The molecule has 1 saturated carbocycles. The minimum Gasteiger partial charge on any atom is -0.497 e. The lowest BCUT2D eigenvalue weighted by Crippen LogP contribution is -2.40. The summed E-state index contributed by atoms with van der Waals surface area (Å²) in [5.74, 6) is 3.00. The second-order valence-electron chi connectivity index (χ2n) is 6.03. The molecule has 0 unspecified atom stereocenters. The lowest BCUT2D eigenvalue weighted by molar-refractivity contribution is -0.134. The number of hydrogen-bond donors (Lipinski definition) is 0. The Kier molecular flexibility index (Phi) is 4.32. The van der Waals surface area contributed by atoms with E-state index in [0.717, 1.165) is 56.9 Å². The number of benzene rings is 1. The smallest absolute Gasteiger partial charge is 0.225 e. The average Bonchev–Trinajstić information content (AvgIpc) is 3.38. The van der Waals surface area contributed by atoms with Crippen LogP contribution in [0.15, 0.2) is 24.3 Å². The summed E-state index contributed by atoms with van der Waals surface area (Å²) in [5, 5.41) is 0. The molecule has 1 aromatic carbocycles. The summed E-state index contributed by atoms with van der Waals surface area (Å²) < 4.78 is 11.0. The molecule has 4 heteroatoms. The van der Waals surface area contributed by atoms with E-state index in [0.29, 0.717) is 17.7 Å². The number of ether oxygens (including phenoxy) is 2. The summed E-state index contributed by atoms with van der Waals surface area (Å²) in [4.78, 5) is 14.0. The van der Waals surface area contributed by atoms with Gasteiger partial charge in [0.2, 0.25) is 5.91 Å². The molecule has 0 spiro atoms. The van der Waals surface area contributed by atoms with Crippen LogP contribution in [0.4, 0.5) is 0 Å². The van der Waals surface area contributed by atoms with Gasteiger partial charge in [-0.05, 0) is 55.9 Å². The number of hydrogen-bond acceptors (Lipinski definition) is 3. The highest BCUT2D eigenvalue weighted by molar-refractivity contribution is 5.81. The molecule has 2 aliphatic rings. The standard InChI is InChI=1S/C17H23NO3/c1-20-15-4-6-16(7-5-15)21-12-13-8-10-18(11-9-13)17(19)14-2-3-14/h4-7,13-14H,2-3,8-12H2,1H3. The third-order valence-electron chi connectivity index (χ3n) is 4.40. The fourth-order valence-corrected chi connectivity index (χ4v) is 2.79. The van der Waals surface area contributed by atoms with Gasteiger partial charge in [-0.25, -0.2) is 0 Å². The number of amides is 1. The van der Waals surface area contributed by atoms with Crippen LogP contribution in [0, 0.1) is 11.8 Å². The lowest BCUT2D eigenvalue weighted by atomic mass is 9.97. The van der Waals surface area contributed by atoms with Gasteiger partial charge in [0, 0.05) is 19.0 Å². The number of likely N-dealkylation sites (tertiary alicyclic amines) is 1. The van der Waals surface area contributed by atoms with E-state index < -0.39 is 0 Å². The molecular weight excluding hydrogens is 266 g/mol. The Labute approximate surface area is 126 Å². The highest BCUT2D eigenvalue weighted by atomic mass is 16.5. The molecule has 0 bridgehead atoms. The molecule has 114 valence electrons. The van der Waals surface area contributed by atoms with E-state index in [2.05, 4.69) is 0 Å². The third kappa shape index (κ3) is 3.69. The molecule has 1 heterocycles. The summed E-state index contributed by atoms with van der Waals surface area (Å²) in [6, 6.07) is 7.69. The molecule has 3 rings (SSSR count). The maximum Gasteiger partial charge on any atom is 0.225 e. The summed E-state index contributed by atoms with van der Waals surface area (Å²) in [5.41, 5.74) is 0. The van der Waals surface area contributed by atoms with Gasteiger partial charge < -0.3 is 14.4 Å². The molecule has 1 aliphatic heterocycles. The van der Waals surface area contributed by atoms with Crippen molar-refractivity contribution in [1.29, 1.82) is 0 Å². The molecule has 2 fully saturated rings. The van der Waals surface area contributed by atoms with Gasteiger partial charge in [-0.3, -0.25) is 4.79 Å². The first-order valence-electron chi connectivity index (χ1n) is 7.82. The molecule has 21 heavy (non-hydrogen) atoms. The van der Waals surface area contributed by atoms with Gasteiger partial charge in [-0.15, -0.1) is 0 Å². The maximum absolute atomic E-state index is 12.0. The van der Waals surface area contributed by atoms with E-state index in [1.165, 1.54) is 0 Å². The minimum absolute atomic E-state index is 0.345. The second kappa shape index (κ2) is 6.37. The molecule has 1 aliphatic carbocycles. The molecule has 0 atom stereocenters. The molecular formula is C17H23NO3. The van der Waals surface area contributed by atoms with Crippen molar-refractivity contribution in [3.63, 3.8) is 0 Å². The number of carbonyl (C=O) groups excluding carboxylic acids is 1. The van der Waals surface area contributed by atoms with Gasteiger partial charge >= 0.3 is 0 Å². The van der Waals surface area contributed by atoms with Crippen molar-refractivity contribution in [1.82, 2.24) is 4.90 Å². The predicted molar refractivity (Wildman–Crippen MR) is 80.5 cm³/mol. The average molecular weight is 289 g/mol. The van der Waals surface area contributed by atoms with Crippen molar-refractivity contribution in [3.05, 3.63) is 24.3 Å². The molecule has 0 N–H and O–H groups in total. The molecule has 0 radical (unpaired) electrons. The summed E-state index contributed by atoms with van der Waals surface area (Å²) in [7, 11) is 1.66. The van der Waals surface area contributed by atoms with Crippen LogP contribution in [-0.2, 0) is 4.79 Å². The number of carbonyl (C=O) groups is 1. The van der Waals surface area contributed by atoms with Crippen LogP contribution in [0.3, 0.4) is 0 Å². The SMILES string of the molecule is COc1ccc(OCC2CCN(C(=O)C3CC3)CC2)cc1. The predicted octanol–water partition coefficient (Wildman–Crippen LogP) is 2.72. The summed E-state index contributed by atoms with van der Waals surface area (Å²) in [6.45, 7) is 2.52. The molecule has 1 amide bonds. The first-order chi connectivity index (χ1) is 10.3. The van der Waals surface area contributed by atoms with Gasteiger partial charge in [0.25, 0.3) is 0 Å². The van der Waals surface area contributed by atoms with Gasteiger partial charge in [0.05, 0.1) is 13.7 Å². The van der Waals surface area contributed by atoms with Gasteiger partial charge in [0.1, 0.15) is 11.5 Å². The third-order valence-corrected chi connectivity index (χ3v) is 4.40. The lowest BCUT2D eigenvalue weighted by Gasteiger charge is -2.32. The van der Waals surface area contributed by atoms with Crippen LogP contribution in [-0.4, -0.2) is 37.6 Å². The zero-order valence-electron chi connectivity index (χ0n) is 12.6. The van der Waals surface area contributed by atoms with Crippen molar-refractivity contribution < 1.29 is 14.3 Å². The van der Waals surface area contributed by atoms with E-state index in [1.807, 2.05) is 29.2 Å². The van der Waals surface area contributed by atoms with Crippen LogP contribution in [0.5, 0.6) is 11.5 Å². The van der Waals surface area contributed by atoms with Gasteiger partial charge in [0.15, 0.2) is 0 Å². The highest BCUT2D eigenvalue weighted by Crippen LogP contribution is 2.32. The Bertz CT molecular complexity index is 473. The number of nitrogens with zero attached hydrogens (tertiary/aromatic N) is 1. The van der Waals surface area contributed by atoms with Crippen LogP contribution >= 0.6 is 0 Å². The maximum atomic E-state index is 12.0. The molecule has 4 nitrogen and oxygen atoms in total. The number of rotatable bonds is 5. The zero-order chi connectivity index (χ0) is 14.7. The van der Waals surface area contributed by atoms with E-state index in [1.54, 1.807) is 7.11 Å². The summed E-state index contributed by atoms with van der Waals surface area (Å²) in [6.07, 6.45) is 4.29. The van der Waals surface area contributed by atoms with E-state index in [4.69, 9.17) is 9.47 Å². The Morgan fingerprint density at radius 2 is 1.71 bits per heavy atom. The fourth-order valence-electron chi connectivity index (χ4n) is 2.79. The van der Waals surface area contributed by atoms with Gasteiger partial charge in [-0.2, -0.15) is 0 Å². The quantitative estimate of drug-likeness (QED) is 0.836. The monoisotopic (exact) mass is 289 g/mol. The first kappa shape index (κ1) is 14.2. The highest BCUT2D eigenvalue weighted by Gasteiger charge is 2.34. The molecule has 1 saturated heterocycles. The van der Waals surface area contributed by atoms with E-state index >= 15 is 0 Å². The molecule has 0 aromatic heterocycles. The summed E-state index contributed by atoms with van der Waals surface area (Å²) >= 11 is 0. The van der Waals surface area contributed by atoms with Crippen LogP contribution in [0.2, 0.25) is 0 Å². The first-order valence-corrected chi connectivity index (χ1v) is 7.82. The van der Waals surface area contributed by atoms with Crippen molar-refractivity contribution in [2.75, 3.05) is 26.8 Å². The number of methoxy groups -OCH3 is 1. The van der Waals surface area contributed by atoms with Crippen LogP contribution in [0.1, 0.15) is 25.7 Å². The topological polar surface area (TPSA) is 38.8 Å². The van der Waals surface area contributed by atoms with Gasteiger partial charge in [-0.1, -0.05) is 0 Å². The van der Waals surface area contributed by atoms with E-state index in [-0.39, 0.29) is 0 Å². The molecule has 1 aromatic rings.